The van der Waals surface area contributed by atoms with E-state index in [0.717, 1.165) is 30.4 Å². The van der Waals surface area contributed by atoms with E-state index in [1.54, 1.807) is 6.07 Å². The lowest BCUT2D eigenvalue weighted by atomic mass is 9.89. The minimum absolute atomic E-state index is 0.313. The first-order valence-corrected chi connectivity index (χ1v) is 7.22. The van der Waals surface area contributed by atoms with Crippen LogP contribution < -0.4 is 5.73 Å². The summed E-state index contributed by atoms with van der Waals surface area (Å²) in [6.45, 7) is 7.98. The van der Waals surface area contributed by atoms with Crippen LogP contribution in [0.5, 0.6) is 0 Å². The zero-order chi connectivity index (χ0) is 16.0. The van der Waals surface area contributed by atoms with Gasteiger partial charge < -0.3 is 10.5 Å². The molecule has 0 bridgehead atoms. The number of carbonyl (C=O) groups is 1. The van der Waals surface area contributed by atoms with Crippen LogP contribution >= 0.6 is 0 Å². The number of anilines is 1. The summed E-state index contributed by atoms with van der Waals surface area (Å²) < 4.78 is 5.27. The Kier molecular flexibility index (Phi) is 5.78. The van der Waals surface area contributed by atoms with Crippen molar-refractivity contribution in [1.29, 1.82) is 5.26 Å². The minimum atomic E-state index is -0.334. The Morgan fingerprint density at radius 1 is 1.29 bits per heavy atom. The molecule has 1 aromatic rings. The highest BCUT2D eigenvalue weighted by molar-refractivity contribution is 5.92. The van der Waals surface area contributed by atoms with Crippen molar-refractivity contribution in [2.75, 3.05) is 12.3 Å². The Hall–Kier alpha value is -2.02. The maximum Gasteiger partial charge on any atom is 0.338 e. The van der Waals surface area contributed by atoms with Gasteiger partial charge in [0, 0.05) is 5.69 Å². The van der Waals surface area contributed by atoms with Crippen molar-refractivity contribution < 1.29 is 9.53 Å². The quantitative estimate of drug-likeness (QED) is 0.491. The molecule has 0 atom stereocenters. The summed E-state index contributed by atoms with van der Waals surface area (Å²) in [6, 6.07) is 5.83. The van der Waals surface area contributed by atoms with Gasteiger partial charge in [0.15, 0.2) is 0 Å². The van der Waals surface area contributed by atoms with Crippen LogP contribution in [0, 0.1) is 30.6 Å². The van der Waals surface area contributed by atoms with Crippen molar-refractivity contribution in [2.45, 2.75) is 47.0 Å². The fourth-order valence-corrected chi connectivity index (χ4v) is 2.06. The van der Waals surface area contributed by atoms with Crippen LogP contribution in [-0.4, -0.2) is 12.6 Å². The lowest BCUT2D eigenvalue weighted by Gasteiger charge is -2.14. The van der Waals surface area contributed by atoms with Crippen molar-refractivity contribution >= 4 is 11.7 Å². The Labute approximate surface area is 126 Å². The molecule has 0 amide bonds. The predicted molar refractivity (Wildman–Crippen MR) is 83.9 cm³/mol. The largest absolute Gasteiger partial charge is 0.462 e. The Morgan fingerprint density at radius 2 is 1.95 bits per heavy atom. The SMILES string of the molecule is Cc1cc(C)c(C(=O)OCCCCC(C)(C)C#N)cc1N. The van der Waals surface area contributed by atoms with E-state index in [4.69, 9.17) is 15.7 Å². The number of unbranched alkanes of at least 4 members (excludes halogenated alkanes) is 1. The van der Waals surface area contributed by atoms with Gasteiger partial charge in [-0.3, -0.25) is 0 Å². The second-order valence-electron chi connectivity index (χ2n) is 6.11. The van der Waals surface area contributed by atoms with Gasteiger partial charge in [0.25, 0.3) is 0 Å². The number of nitrogens with two attached hydrogens (primary N) is 1. The molecule has 1 rings (SSSR count). The first-order chi connectivity index (χ1) is 9.76. The Balaban J connectivity index is 2.45. The molecule has 114 valence electrons. The summed E-state index contributed by atoms with van der Waals surface area (Å²) in [4.78, 5) is 12.0. The normalized spacial score (nSPS) is 11.0. The maximum atomic E-state index is 12.0. The molecule has 0 heterocycles. The molecule has 0 saturated carbocycles. The van der Waals surface area contributed by atoms with Crippen molar-refractivity contribution in [3.63, 3.8) is 0 Å². The van der Waals surface area contributed by atoms with Gasteiger partial charge in [-0.2, -0.15) is 5.26 Å². The smallest absolute Gasteiger partial charge is 0.338 e. The molecule has 0 aliphatic heterocycles. The van der Waals surface area contributed by atoms with Gasteiger partial charge in [0.1, 0.15) is 0 Å². The van der Waals surface area contributed by atoms with Gasteiger partial charge in [-0.1, -0.05) is 6.07 Å². The highest BCUT2D eigenvalue weighted by Gasteiger charge is 2.16. The lowest BCUT2D eigenvalue weighted by Crippen LogP contribution is -2.11. The molecule has 21 heavy (non-hydrogen) atoms. The molecular weight excluding hydrogens is 264 g/mol. The molecule has 0 radical (unpaired) electrons. The summed E-state index contributed by atoms with van der Waals surface area (Å²) in [6.07, 6.45) is 2.43. The van der Waals surface area contributed by atoms with Gasteiger partial charge in [-0.05, 0) is 64.2 Å². The highest BCUT2D eigenvalue weighted by Crippen LogP contribution is 2.22. The number of rotatable bonds is 6. The van der Waals surface area contributed by atoms with Gasteiger partial charge >= 0.3 is 5.97 Å². The van der Waals surface area contributed by atoms with Crippen LogP contribution in [0.3, 0.4) is 0 Å². The number of esters is 1. The summed E-state index contributed by atoms with van der Waals surface area (Å²) in [7, 11) is 0. The van der Waals surface area contributed by atoms with Gasteiger partial charge in [-0.15, -0.1) is 0 Å². The number of nitrogens with zero attached hydrogens (tertiary/aromatic N) is 1. The molecule has 4 nitrogen and oxygen atoms in total. The number of ether oxygens (including phenoxy) is 1. The highest BCUT2D eigenvalue weighted by atomic mass is 16.5. The molecule has 0 spiro atoms. The molecule has 0 aliphatic rings. The van der Waals surface area contributed by atoms with E-state index in [0.29, 0.717) is 17.9 Å². The van der Waals surface area contributed by atoms with E-state index < -0.39 is 0 Å². The van der Waals surface area contributed by atoms with Crippen molar-refractivity contribution in [1.82, 2.24) is 0 Å². The van der Waals surface area contributed by atoms with E-state index >= 15 is 0 Å². The third-order valence-electron chi connectivity index (χ3n) is 3.56. The van der Waals surface area contributed by atoms with E-state index in [2.05, 4.69) is 6.07 Å². The number of nitriles is 1. The zero-order valence-electron chi connectivity index (χ0n) is 13.3. The molecule has 4 heteroatoms. The maximum absolute atomic E-state index is 12.0. The van der Waals surface area contributed by atoms with E-state index in [1.165, 1.54) is 0 Å². The van der Waals surface area contributed by atoms with Gasteiger partial charge in [0.2, 0.25) is 0 Å². The van der Waals surface area contributed by atoms with E-state index in [9.17, 15) is 4.79 Å². The molecule has 0 saturated heterocycles. The van der Waals surface area contributed by atoms with Crippen LogP contribution in [-0.2, 0) is 4.74 Å². The van der Waals surface area contributed by atoms with Crippen LogP contribution in [0.2, 0.25) is 0 Å². The Bertz CT molecular complexity index is 557. The van der Waals surface area contributed by atoms with Crippen LogP contribution in [0.15, 0.2) is 12.1 Å². The number of aryl methyl sites for hydroxylation is 2. The number of benzene rings is 1. The lowest BCUT2D eigenvalue weighted by molar-refractivity contribution is 0.0495. The second kappa shape index (κ2) is 7.12. The molecule has 0 unspecified atom stereocenters. The number of hydrogen-bond donors (Lipinski definition) is 1. The van der Waals surface area contributed by atoms with Crippen LogP contribution in [0.25, 0.3) is 0 Å². The Morgan fingerprint density at radius 3 is 2.57 bits per heavy atom. The first kappa shape index (κ1) is 17.0. The van der Waals surface area contributed by atoms with Crippen molar-refractivity contribution in [3.8, 4) is 6.07 Å². The first-order valence-electron chi connectivity index (χ1n) is 7.22. The fraction of sp³-hybridized carbons (Fsp3) is 0.529. The summed E-state index contributed by atoms with van der Waals surface area (Å²) >= 11 is 0. The van der Waals surface area contributed by atoms with Crippen LogP contribution in [0.1, 0.15) is 54.6 Å². The fourth-order valence-electron chi connectivity index (χ4n) is 2.06. The summed E-state index contributed by atoms with van der Waals surface area (Å²) in [5, 5.41) is 8.92. The van der Waals surface area contributed by atoms with E-state index in [1.807, 2.05) is 33.8 Å². The van der Waals surface area contributed by atoms with E-state index in [-0.39, 0.29) is 11.4 Å². The molecule has 2 N–H and O–H groups in total. The van der Waals surface area contributed by atoms with Crippen molar-refractivity contribution in [2.24, 2.45) is 5.41 Å². The predicted octanol–water partition coefficient (Wildman–Crippen LogP) is 3.76. The van der Waals surface area contributed by atoms with Gasteiger partial charge in [-0.25, -0.2) is 4.79 Å². The molecule has 0 fully saturated rings. The standard InChI is InChI=1S/C17H24N2O2/c1-12-9-13(2)15(19)10-14(12)16(20)21-8-6-5-7-17(3,4)11-18/h9-10H,5-8,19H2,1-4H3. The minimum Gasteiger partial charge on any atom is -0.462 e. The summed E-state index contributed by atoms with van der Waals surface area (Å²) in [5.41, 5.74) is 8.47. The third-order valence-corrected chi connectivity index (χ3v) is 3.56. The summed E-state index contributed by atoms with van der Waals surface area (Å²) in [5.74, 6) is -0.334. The molecule has 1 aromatic carbocycles. The molecule has 0 aliphatic carbocycles. The zero-order valence-corrected chi connectivity index (χ0v) is 13.3. The average molecular weight is 288 g/mol. The monoisotopic (exact) mass is 288 g/mol. The molecule has 0 aromatic heterocycles. The number of hydrogen-bond acceptors (Lipinski definition) is 4. The number of carbonyl (C=O) groups excluding carboxylic acids is 1. The van der Waals surface area contributed by atoms with Gasteiger partial charge in [0.05, 0.1) is 23.7 Å². The third kappa shape index (κ3) is 5.11. The molecular formula is C17H24N2O2. The number of nitrogen functional groups attached to an aromatic ring is 1. The van der Waals surface area contributed by atoms with Crippen LogP contribution in [0.4, 0.5) is 5.69 Å². The average Bonchev–Trinajstić information content (AvgIpc) is 2.42. The van der Waals surface area contributed by atoms with Crippen molar-refractivity contribution in [3.05, 3.63) is 28.8 Å². The second-order valence-corrected chi connectivity index (χ2v) is 6.11. The topological polar surface area (TPSA) is 76.1 Å².